The molecule has 0 amide bonds. The molecule has 0 aromatic carbocycles. The van der Waals surface area contributed by atoms with Crippen molar-refractivity contribution >= 4 is 5.78 Å². The minimum Gasteiger partial charge on any atom is -0.388 e. The Morgan fingerprint density at radius 3 is 3.17 bits per heavy atom. The summed E-state index contributed by atoms with van der Waals surface area (Å²) in [6.07, 6.45) is 2.84. The van der Waals surface area contributed by atoms with E-state index in [-0.39, 0.29) is 6.61 Å². The average Bonchev–Trinajstić information content (AvgIpc) is 2.46. The van der Waals surface area contributed by atoms with Crippen LogP contribution in [0.4, 0.5) is 0 Å². The van der Waals surface area contributed by atoms with Crippen LogP contribution in [0.15, 0.2) is 6.07 Å². The summed E-state index contributed by atoms with van der Waals surface area (Å²) in [5.74, 6) is 0.836. The van der Waals surface area contributed by atoms with Gasteiger partial charge in [0.05, 0.1) is 6.20 Å². The molecule has 0 aliphatic heterocycles. The van der Waals surface area contributed by atoms with Gasteiger partial charge in [-0.05, 0) is 13.0 Å². The van der Waals surface area contributed by atoms with Gasteiger partial charge in [-0.25, -0.2) is 4.98 Å². The third kappa shape index (κ3) is 1.04. The van der Waals surface area contributed by atoms with Gasteiger partial charge in [0.15, 0.2) is 5.82 Å². The Labute approximate surface area is 68.7 Å². The number of hydrogen-bond donors (Lipinski definition) is 1. The molecule has 0 aliphatic rings. The molecule has 5 nitrogen and oxygen atoms in total. The number of aromatic nitrogens is 4. The summed E-state index contributed by atoms with van der Waals surface area (Å²) in [7, 11) is 0. The van der Waals surface area contributed by atoms with Crippen molar-refractivity contribution in [3.05, 3.63) is 23.8 Å². The molecular formula is C7H7N4O. The fourth-order valence-corrected chi connectivity index (χ4v) is 0.916. The number of rotatable bonds is 1. The van der Waals surface area contributed by atoms with Gasteiger partial charge in [0, 0.05) is 5.69 Å². The van der Waals surface area contributed by atoms with Gasteiger partial charge in [-0.15, -0.1) is 5.10 Å². The lowest BCUT2D eigenvalue weighted by atomic mass is 10.5. The molecule has 1 N–H and O–H groups in total. The van der Waals surface area contributed by atoms with Crippen molar-refractivity contribution in [3.8, 4) is 0 Å². The first-order chi connectivity index (χ1) is 5.79. The van der Waals surface area contributed by atoms with Gasteiger partial charge >= 0.3 is 0 Å². The van der Waals surface area contributed by atoms with Gasteiger partial charge in [-0.2, -0.15) is 9.50 Å². The highest BCUT2D eigenvalue weighted by Gasteiger charge is 2.02. The molecule has 0 spiro atoms. The second-order valence-electron chi connectivity index (χ2n) is 2.42. The molecular weight excluding hydrogens is 156 g/mol. The normalized spacial score (nSPS) is 10.8. The maximum atomic E-state index is 8.73. The Kier molecular flexibility index (Phi) is 1.51. The second-order valence-corrected chi connectivity index (χ2v) is 2.42. The van der Waals surface area contributed by atoms with E-state index in [0.717, 1.165) is 5.69 Å². The van der Waals surface area contributed by atoms with Crippen LogP contribution in [0.3, 0.4) is 0 Å². The zero-order valence-corrected chi connectivity index (χ0v) is 6.52. The molecule has 1 radical (unpaired) electrons. The topological polar surface area (TPSA) is 63.3 Å². The summed E-state index contributed by atoms with van der Waals surface area (Å²) in [5.41, 5.74) is 0.833. The molecule has 0 unspecified atom stereocenters. The predicted octanol–water partition coefficient (Wildman–Crippen LogP) is -0.275. The van der Waals surface area contributed by atoms with Crippen LogP contribution in [-0.4, -0.2) is 24.7 Å². The monoisotopic (exact) mass is 163 g/mol. The lowest BCUT2D eigenvalue weighted by molar-refractivity contribution is 0.271. The van der Waals surface area contributed by atoms with Gasteiger partial charge in [-0.1, -0.05) is 0 Å². The van der Waals surface area contributed by atoms with Crippen molar-refractivity contribution in [1.29, 1.82) is 0 Å². The van der Waals surface area contributed by atoms with Crippen molar-refractivity contribution in [2.75, 3.05) is 0 Å². The summed E-state index contributed by atoms with van der Waals surface area (Å²) in [6, 6.07) is 1.71. The summed E-state index contributed by atoms with van der Waals surface area (Å²) in [6.45, 7) is 1.68. The number of aliphatic hydroxyl groups is 1. The van der Waals surface area contributed by atoms with Crippen LogP contribution in [0.5, 0.6) is 0 Å². The van der Waals surface area contributed by atoms with E-state index >= 15 is 0 Å². The molecule has 2 aromatic heterocycles. The van der Waals surface area contributed by atoms with E-state index in [4.69, 9.17) is 5.11 Å². The fraction of sp³-hybridized carbons (Fsp3) is 0.286. The molecule has 61 valence electrons. The number of fused-ring (bicyclic) bond motifs is 1. The number of hydrogen-bond acceptors (Lipinski definition) is 4. The molecule has 0 fully saturated rings. The SMILES string of the molecule is Cc1c[c]n2nc(CO)nc2n1. The number of aryl methyl sites for hydroxylation is 1. The lowest BCUT2D eigenvalue weighted by Gasteiger charge is -1.88. The van der Waals surface area contributed by atoms with Crippen molar-refractivity contribution in [2.24, 2.45) is 0 Å². The molecule has 0 saturated carbocycles. The average molecular weight is 163 g/mol. The maximum Gasteiger partial charge on any atom is 0.253 e. The predicted molar refractivity (Wildman–Crippen MR) is 40.3 cm³/mol. The smallest absolute Gasteiger partial charge is 0.253 e. The van der Waals surface area contributed by atoms with Gasteiger partial charge in [-0.3, -0.25) is 0 Å². The molecule has 0 bridgehead atoms. The Balaban J connectivity index is 2.67. The van der Waals surface area contributed by atoms with E-state index in [0.29, 0.717) is 11.6 Å². The van der Waals surface area contributed by atoms with Crippen LogP contribution in [0, 0.1) is 13.1 Å². The van der Waals surface area contributed by atoms with Crippen molar-refractivity contribution in [3.63, 3.8) is 0 Å². The Bertz CT molecular complexity index is 409. The molecule has 2 rings (SSSR count). The first-order valence-corrected chi connectivity index (χ1v) is 3.51. The fourth-order valence-electron chi connectivity index (χ4n) is 0.916. The number of aliphatic hydroxyl groups excluding tert-OH is 1. The largest absolute Gasteiger partial charge is 0.388 e. The second kappa shape index (κ2) is 2.53. The summed E-state index contributed by atoms with van der Waals surface area (Å²) >= 11 is 0. The molecule has 2 aromatic rings. The van der Waals surface area contributed by atoms with Gasteiger partial charge < -0.3 is 5.11 Å². The first kappa shape index (κ1) is 7.17. The molecule has 12 heavy (non-hydrogen) atoms. The van der Waals surface area contributed by atoms with Gasteiger partial charge in [0.2, 0.25) is 0 Å². The van der Waals surface area contributed by atoms with E-state index in [1.807, 2.05) is 6.92 Å². The van der Waals surface area contributed by atoms with Crippen LogP contribution < -0.4 is 0 Å². The summed E-state index contributed by atoms with van der Waals surface area (Å²) in [4.78, 5) is 8.04. The van der Waals surface area contributed by atoms with Crippen LogP contribution in [0.2, 0.25) is 0 Å². The van der Waals surface area contributed by atoms with Gasteiger partial charge in [0.25, 0.3) is 5.78 Å². The van der Waals surface area contributed by atoms with Crippen molar-refractivity contribution < 1.29 is 5.11 Å². The zero-order valence-electron chi connectivity index (χ0n) is 6.52. The van der Waals surface area contributed by atoms with E-state index in [1.54, 1.807) is 6.07 Å². The quantitative estimate of drug-likeness (QED) is 0.628. The standard InChI is InChI=1S/C7H7N4O/c1-5-2-3-11-7(8-5)9-6(4-12)10-11/h2,12H,4H2,1H3. The molecule has 0 aliphatic carbocycles. The Morgan fingerprint density at radius 1 is 1.58 bits per heavy atom. The molecule has 0 atom stereocenters. The highest BCUT2D eigenvalue weighted by molar-refractivity contribution is 5.26. The van der Waals surface area contributed by atoms with Gasteiger partial charge in [0.1, 0.15) is 6.61 Å². The van der Waals surface area contributed by atoms with E-state index in [9.17, 15) is 0 Å². The molecule has 2 heterocycles. The molecule has 0 saturated heterocycles. The van der Waals surface area contributed by atoms with Crippen LogP contribution in [0.25, 0.3) is 5.78 Å². The lowest BCUT2D eigenvalue weighted by Crippen LogP contribution is -1.92. The third-order valence-corrected chi connectivity index (χ3v) is 1.45. The third-order valence-electron chi connectivity index (χ3n) is 1.45. The minimum absolute atomic E-state index is 0.170. The maximum absolute atomic E-state index is 8.73. The van der Waals surface area contributed by atoms with Crippen LogP contribution in [0.1, 0.15) is 11.5 Å². The van der Waals surface area contributed by atoms with Crippen molar-refractivity contribution in [1.82, 2.24) is 19.6 Å². The summed E-state index contributed by atoms with van der Waals surface area (Å²) in [5, 5.41) is 12.6. The first-order valence-electron chi connectivity index (χ1n) is 3.51. The zero-order chi connectivity index (χ0) is 8.55. The highest BCUT2D eigenvalue weighted by Crippen LogP contribution is 1.98. The summed E-state index contributed by atoms with van der Waals surface area (Å²) < 4.78 is 1.42. The van der Waals surface area contributed by atoms with E-state index in [1.165, 1.54) is 4.52 Å². The minimum atomic E-state index is -0.170. The Morgan fingerprint density at radius 2 is 2.42 bits per heavy atom. The number of nitrogens with zero attached hydrogens (tertiary/aromatic N) is 4. The van der Waals surface area contributed by atoms with Crippen molar-refractivity contribution in [2.45, 2.75) is 13.5 Å². The van der Waals surface area contributed by atoms with E-state index in [2.05, 4.69) is 21.3 Å². The van der Waals surface area contributed by atoms with E-state index < -0.39 is 0 Å². The van der Waals surface area contributed by atoms with Crippen LogP contribution in [-0.2, 0) is 6.61 Å². The molecule has 5 heteroatoms. The Hall–Kier alpha value is -1.49. The highest BCUT2D eigenvalue weighted by atomic mass is 16.3. The van der Waals surface area contributed by atoms with Crippen LogP contribution >= 0.6 is 0 Å².